The van der Waals surface area contributed by atoms with Gasteiger partial charge in [0.2, 0.25) is 11.8 Å². The van der Waals surface area contributed by atoms with Crippen molar-refractivity contribution >= 4 is 51.1 Å². The Kier molecular flexibility index (Phi) is 11.4. The van der Waals surface area contributed by atoms with Gasteiger partial charge in [-0.3, -0.25) is 9.59 Å². The summed E-state index contributed by atoms with van der Waals surface area (Å²) >= 11 is 11.1. The molecule has 2 amide bonds. The van der Waals surface area contributed by atoms with Crippen molar-refractivity contribution in [2.45, 2.75) is 44.2 Å². The first-order chi connectivity index (χ1) is 17.3. The summed E-state index contributed by atoms with van der Waals surface area (Å²) in [6.45, 7) is 5.04. The molecule has 0 saturated carbocycles. The largest absolute Gasteiger partial charge is 0.354 e. The van der Waals surface area contributed by atoms with Gasteiger partial charge in [0.1, 0.15) is 6.04 Å². The Hall–Kier alpha value is -2.28. The Bertz CT molecular complexity index is 1130. The van der Waals surface area contributed by atoms with Crippen molar-refractivity contribution in [3.63, 3.8) is 0 Å². The molecule has 0 unspecified atom stereocenters. The zero-order valence-corrected chi connectivity index (χ0v) is 23.8. The molecular formula is C29H32BrClN2O2S. The second kappa shape index (κ2) is 14.5. The lowest BCUT2D eigenvalue weighted by molar-refractivity contribution is -0.141. The molecule has 1 N–H and O–H groups in total. The van der Waals surface area contributed by atoms with E-state index in [-0.39, 0.29) is 11.8 Å². The summed E-state index contributed by atoms with van der Waals surface area (Å²) in [5.74, 6) is 0.760. The summed E-state index contributed by atoms with van der Waals surface area (Å²) in [7, 11) is 0. The Morgan fingerprint density at radius 1 is 0.972 bits per heavy atom. The molecule has 0 bridgehead atoms. The van der Waals surface area contributed by atoms with Crippen molar-refractivity contribution in [1.82, 2.24) is 10.2 Å². The molecule has 36 heavy (non-hydrogen) atoms. The van der Waals surface area contributed by atoms with Gasteiger partial charge in [0, 0.05) is 46.1 Å². The fourth-order valence-corrected chi connectivity index (χ4v) is 5.15. The van der Waals surface area contributed by atoms with Crippen LogP contribution in [-0.4, -0.2) is 35.1 Å². The highest BCUT2D eigenvalue weighted by Gasteiger charge is 2.30. The van der Waals surface area contributed by atoms with Crippen LogP contribution in [-0.2, 0) is 22.6 Å². The number of hydrogen-bond donors (Lipinski definition) is 1. The van der Waals surface area contributed by atoms with Crippen LogP contribution in [0.4, 0.5) is 0 Å². The summed E-state index contributed by atoms with van der Waals surface area (Å²) in [4.78, 5) is 29.9. The van der Waals surface area contributed by atoms with E-state index in [0.717, 1.165) is 20.5 Å². The lowest BCUT2D eigenvalue weighted by atomic mass is 10.0. The fraction of sp³-hybridized carbons (Fsp3) is 0.310. The Labute approximate surface area is 231 Å². The van der Waals surface area contributed by atoms with Crippen LogP contribution in [0, 0.1) is 5.92 Å². The predicted octanol–water partition coefficient (Wildman–Crippen LogP) is 7.00. The van der Waals surface area contributed by atoms with Gasteiger partial charge in [0.15, 0.2) is 0 Å². The molecule has 190 valence electrons. The molecule has 0 saturated heterocycles. The van der Waals surface area contributed by atoms with E-state index in [1.54, 1.807) is 16.7 Å². The number of benzene rings is 3. The van der Waals surface area contributed by atoms with Crippen molar-refractivity contribution in [3.05, 3.63) is 99.5 Å². The van der Waals surface area contributed by atoms with Gasteiger partial charge in [0.05, 0.1) is 0 Å². The molecule has 0 fully saturated rings. The number of amides is 2. The van der Waals surface area contributed by atoms with Gasteiger partial charge in [-0.05, 0) is 53.4 Å². The summed E-state index contributed by atoms with van der Waals surface area (Å²) in [6, 6.07) is 24.7. The van der Waals surface area contributed by atoms with E-state index in [9.17, 15) is 9.59 Å². The molecule has 7 heteroatoms. The van der Waals surface area contributed by atoms with Crippen molar-refractivity contribution < 1.29 is 9.59 Å². The first-order valence-electron chi connectivity index (χ1n) is 12.1. The molecule has 3 rings (SSSR count). The molecule has 0 spiro atoms. The van der Waals surface area contributed by atoms with Crippen LogP contribution in [0.15, 0.2) is 88.2 Å². The molecule has 0 aliphatic carbocycles. The first-order valence-corrected chi connectivity index (χ1v) is 14.2. The van der Waals surface area contributed by atoms with E-state index < -0.39 is 6.04 Å². The van der Waals surface area contributed by atoms with E-state index in [1.165, 1.54) is 0 Å². The molecule has 0 radical (unpaired) electrons. The lowest BCUT2D eigenvalue weighted by Crippen LogP contribution is -2.51. The Morgan fingerprint density at radius 3 is 2.33 bits per heavy atom. The molecular weight excluding hydrogens is 556 g/mol. The summed E-state index contributed by atoms with van der Waals surface area (Å²) in [5, 5.41) is 3.75. The van der Waals surface area contributed by atoms with Crippen LogP contribution >= 0.6 is 39.3 Å². The van der Waals surface area contributed by atoms with Crippen LogP contribution in [0.5, 0.6) is 0 Å². The third-order valence-electron chi connectivity index (χ3n) is 5.60. The molecule has 1 atom stereocenters. The highest BCUT2D eigenvalue weighted by molar-refractivity contribution is 9.10. The minimum absolute atomic E-state index is 0.0444. The second-order valence-electron chi connectivity index (χ2n) is 9.05. The standard InChI is InChI=1S/C29H32BrClN2O2S/c1-21(2)19-32-29(35)27(18-22-7-4-3-5-8-22)33(20-23-9-6-10-24(30)17-23)28(34)15-16-36-26-13-11-25(31)12-14-26/h3-14,17,21,27H,15-16,18-20H2,1-2H3,(H,32,35)/t27-/m0/s1. The number of nitrogens with zero attached hydrogens (tertiary/aromatic N) is 1. The topological polar surface area (TPSA) is 49.4 Å². The van der Waals surface area contributed by atoms with E-state index in [1.807, 2.05) is 78.9 Å². The van der Waals surface area contributed by atoms with E-state index in [2.05, 4.69) is 35.1 Å². The normalized spacial score (nSPS) is 11.8. The number of rotatable bonds is 12. The number of thioether (sulfide) groups is 1. The second-order valence-corrected chi connectivity index (χ2v) is 11.6. The fourth-order valence-electron chi connectivity index (χ4n) is 3.74. The maximum absolute atomic E-state index is 13.7. The number of carbonyl (C=O) groups excluding carboxylic acids is 2. The van der Waals surface area contributed by atoms with Gasteiger partial charge in [0.25, 0.3) is 0 Å². The van der Waals surface area contributed by atoms with Crippen LogP contribution in [0.3, 0.4) is 0 Å². The number of carbonyl (C=O) groups is 2. The number of nitrogens with one attached hydrogen (secondary N) is 1. The molecule has 4 nitrogen and oxygen atoms in total. The zero-order chi connectivity index (χ0) is 25.9. The predicted molar refractivity (Wildman–Crippen MR) is 153 cm³/mol. The minimum atomic E-state index is -0.613. The Balaban J connectivity index is 1.83. The van der Waals surface area contributed by atoms with Gasteiger partial charge < -0.3 is 10.2 Å². The first kappa shape index (κ1) is 28.3. The SMILES string of the molecule is CC(C)CNC(=O)[C@H](Cc1ccccc1)N(Cc1cccc(Br)c1)C(=O)CCSc1ccc(Cl)cc1. The van der Waals surface area contributed by atoms with Crippen LogP contribution in [0.2, 0.25) is 5.02 Å². The third-order valence-corrected chi connectivity index (χ3v) is 7.35. The highest BCUT2D eigenvalue weighted by atomic mass is 79.9. The average Bonchev–Trinajstić information content (AvgIpc) is 2.86. The minimum Gasteiger partial charge on any atom is -0.354 e. The summed E-state index contributed by atoms with van der Waals surface area (Å²) in [6.07, 6.45) is 0.777. The van der Waals surface area contributed by atoms with Crippen LogP contribution < -0.4 is 5.32 Å². The molecule has 0 aliphatic heterocycles. The smallest absolute Gasteiger partial charge is 0.243 e. The summed E-state index contributed by atoms with van der Waals surface area (Å²) in [5.41, 5.74) is 1.99. The van der Waals surface area contributed by atoms with E-state index in [4.69, 9.17) is 11.6 Å². The van der Waals surface area contributed by atoms with Gasteiger partial charge in [-0.2, -0.15) is 0 Å². The number of hydrogen-bond acceptors (Lipinski definition) is 3. The van der Waals surface area contributed by atoms with Gasteiger partial charge >= 0.3 is 0 Å². The maximum Gasteiger partial charge on any atom is 0.243 e. The Morgan fingerprint density at radius 2 is 1.67 bits per heavy atom. The molecule has 0 heterocycles. The van der Waals surface area contributed by atoms with Crippen LogP contribution in [0.25, 0.3) is 0 Å². The van der Waals surface area contributed by atoms with Gasteiger partial charge in [-0.25, -0.2) is 0 Å². The monoisotopic (exact) mass is 586 g/mol. The lowest BCUT2D eigenvalue weighted by Gasteiger charge is -2.32. The van der Waals surface area contributed by atoms with Crippen molar-refractivity contribution in [1.29, 1.82) is 0 Å². The zero-order valence-electron chi connectivity index (χ0n) is 20.6. The molecule has 3 aromatic rings. The highest BCUT2D eigenvalue weighted by Crippen LogP contribution is 2.23. The third kappa shape index (κ3) is 9.30. The van der Waals surface area contributed by atoms with Gasteiger partial charge in [-0.1, -0.05) is 83.8 Å². The van der Waals surface area contributed by atoms with Crippen molar-refractivity contribution in [3.8, 4) is 0 Å². The van der Waals surface area contributed by atoms with Gasteiger partial charge in [-0.15, -0.1) is 11.8 Å². The maximum atomic E-state index is 13.7. The summed E-state index contributed by atoms with van der Waals surface area (Å²) < 4.78 is 0.939. The quantitative estimate of drug-likeness (QED) is 0.232. The molecule has 0 aromatic heterocycles. The molecule has 3 aromatic carbocycles. The van der Waals surface area contributed by atoms with Crippen LogP contribution in [0.1, 0.15) is 31.4 Å². The average molecular weight is 588 g/mol. The number of halogens is 2. The van der Waals surface area contributed by atoms with Crippen molar-refractivity contribution in [2.24, 2.45) is 5.92 Å². The van der Waals surface area contributed by atoms with Crippen molar-refractivity contribution in [2.75, 3.05) is 12.3 Å². The van der Waals surface area contributed by atoms with E-state index in [0.29, 0.717) is 42.6 Å². The van der Waals surface area contributed by atoms with E-state index >= 15 is 0 Å². The molecule has 0 aliphatic rings.